The van der Waals surface area contributed by atoms with Crippen LogP contribution in [0.15, 0.2) is 54.7 Å². The highest BCUT2D eigenvalue weighted by Crippen LogP contribution is 2.30. The van der Waals surface area contributed by atoms with Crippen LogP contribution in [0.4, 0.5) is 4.39 Å². The maximum atomic E-state index is 14.0. The fourth-order valence-electron chi connectivity index (χ4n) is 2.69. The number of halogens is 1. The lowest BCUT2D eigenvalue weighted by Gasteiger charge is -2.19. The first-order valence-electron chi connectivity index (χ1n) is 6.97. The molecule has 1 heterocycles. The quantitative estimate of drug-likeness (QED) is 0.784. The Morgan fingerprint density at radius 3 is 2.43 bits per heavy atom. The third-order valence-electron chi connectivity index (χ3n) is 3.77. The number of pyridine rings is 1. The van der Waals surface area contributed by atoms with Gasteiger partial charge in [-0.1, -0.05) is 36.4 Å². The first-order chi connectivity index (χ1) is 10.2. The molecule has 0 saturated heterocycles. The highest BCUT2D eigenvalue weighted by molar-refractivity contribution is 5.87. The SMILES string of the molecule is CNC(c1ccc(C)nc1)c1ccc(F)c2ccccc12. The predicted octanol–water partition coefficient (Wildman–Crippen LogP) is 3.99. The molecule has 106 valence electrons. The van der Waals surface area contributed by atoms with Crippen molar-refractivity contribution in [2.24, 2.45) is 0 Å². The van der Waals surface area contributed by atoms with E-state index in [1.54, 1.807) is 0 Å². The Hall–Kier alpha value is -2.26. The molecule has 0 spiro atoms. The number of hydrogen-bond donors (Lipinski definition) is 1. The monoisotopic (exact) mass is 280 g/mol. The van der Waals surface area contributed by atoms with E-state index >= 15 is 0 Å². The number of rotatable bonds is 3. The van der Waals surface area contributed by atoms with E-state index in [0.29, 0.717) is 5.39 Å². The number of benzene rings is 2. The Morgan fingerprint density at radius 1 is 1.00 bits per heavy atom. The van der Waals surface area contributed by atoms with Crippen LogP contribution in [-0.2, 0) is 0 Å². The summed E-state index contributed by atoms with van der Waals surface area (Å²) in [7, 11) is 1.91. The van der Waals surface area contributed by atoms with E-state index in [1.807, 2.05) is 56.6 Å². The minimum absolute atomic E-state index is 0.0106. The summed E-state index contributed by atoms with van der Waals surface area (Å²) in [6, 6.07) is 15.0. The van der Waals surface area contributed by atoms with Crippen LogP contribution in [0.5, 0.6) is 0 Å². The Kier molecular flexibility index (Phi) is 3.67. The maximum absolute atomic E-state index is 14.0. The molecular formula is C18H17FN2. The van der Waals surface area contributed by atoms with Gasteiger partial charge in [0.15, 0.2) is 0 Å². The molecule has 2 aromatic carbocycles. The van der Waals surface area contributed by atoms with Gasteiger partial charge in [-0.3, -0.25) is 4.98 Å². The summed E-state index contributed by atoms with van der Waals surface area (Å²) in [6.45, 7) is 1.96. The number of fused-ring (bicyclic) bond motifs is 1. The molecule has 1 N–H and O–H groups in total. The van der Waals surface area contributed by atoms with Crippen molar-refractivity contribution < 1.29 is 4.39 Å². The average molecular weight is 280 g/mol. The summed E-state index contributed by atoms with van der Waals surface area (Å²) in [5.41, 5.74) is 3.11. The lowest BCUT2D eigenvalue weighted by molar-refractivity contribution is 0.636. The second kappa shape index (κ2) is 5.62. The predicted molar refractivity (Wildman–Crippen MR) is 83.8 cm³/mol. The first kappa shape index (κ1) is 13.7. The van der Waals surface area contributed by atoms with Crippen molar-refractivity contribution in [2.75, 3.05) is 7.05 Å². The summed E-state index contributed by atoms with van der Waals surface area (Å²) >= 11 is 0. The zero-order chi connectivity index (χ0) is 14.8. The van der Waals surface area contributed by atoms with Gasteiger partial charge in [-0.15, -0.1) is 0 Å². The van der Waals surface area contributed by atoms with Gasteiger partial charge in [0.1, 0.15) is 5.82 Å². The Labute approximate surface area is 123 Å². The van der Waals surface area contributed by atoms with E-state index in [-0.39, 0.29) is 11.9 Å². The van der Waals surface area contributed by atoms with E-state index in [0.717, 1.165) is 22.2 Å². The van der Waals surface area contributed by atoms with Crippen LogP contribution in [0.1, 0.15) is 22.9 Å². The standard InChI is InChI=1S/C18H17FN2/c1-12-7-8-13(11-21-12)18(20-2)16-9-10-17(19)15-6-4-3-5-14(15)16/h3-11,18,20H,1-2H3. The lowest BCUT2D eigenvalue weighted by Crippen LogP contribution is -2.18. The first-order valence-corrected chi connectivity index (χ1v) is 6.97. The Bertz CT molecular complexity index is 766. The molecule has 0 aliphatic rings. The lowest BCUT2D eigenvalue weighted by atomic mass is 9.94. The fourth-order valence-corrected chi connectivity index (χ4v) is 2.69. The average Bonchev–Trinajstić information content (AvgIpc) is 2.52. The van der Waals surface area contributed by atoms with Crippen molar-refractivity contribution in [3.8, 4) is 0 Å². The van der Waals surface area contributed by atoms with Crippen molar-refractivity contribution in [3.63, 3.8) is 0 Å². The zero-order valence-electron chi connectivity index (χ0n) is 12.1. The molecule has 0 amide bonds. The second-order valence-corrected chi connectivity index (χ2v) is 5.14. The maximum Gasteiger partial charge on any atom is 0.131 e. The van der Waals surface area contributed by atoms with Gasteiger partial charge >= 0.3 is 0 Å². The summed E-state index contributed by atoms with van der Waals surface area (Å²) in [5.74, 6) is -0.189. The minimum Gasteiger partial charge on any atom is -0.309 e. The summed E-state index contributed by atoms with van der Waals surface area (Å²) < 4.78 is 14.0. The van der Waals surface area contributed by atoms with E-state index in [4.69, 9.17) is 0 Å². The molecule has 1 atom stereocenters. The molecule has 3 aromatic rings. The zero-order valence-corrected chi connectivity index (χ0v) is 12.1. The van der Waals surface area contributed by atoms with Crippen molar-refractivity contribution in [3.05, 3.63) is 77.4 Å². The topological polar surface area (TPSA) is 24.9 Å². The molecule has 3 rings (SSSR count). The Morgan fingerprint density at radius 2 is 1.76 bits per heavy atom. The highest BCUT2D eigenvalue weighted by atomic mass is 19.1. The number of aryl methyl sites for hydroxylation is 1. The molecule has 0 aliphatic heterocycles. The van der Waals surface area contributed by atoms with Gasteiger partial charge in [0.25, 0.3) is 0 Å². The van der Waals surface area contributed by atoms with E-state index in [2.05, 4.69) is 16.4 Å². The van der Waals surface area contributed by atoms with Crippen LogP contribution in [0.25, 0.3) is 10.8 Å². The van der Waals surface area contributed by atoms with Crippen molar-refractivity contribution >= 4 is 10.8 Å². The van der Waals surface area contributed by atoms with Crippen LogP contribution in [-0.4, -0.2) is 12.0 Å². The molecule has 0 aliphatic carbocycles. The van der Waals surface area contributed by atoms with Crippen LogP contribution in [0.3, 0.4) is 0 Å². The van der Waals surface area contributed by atoms with Gasteiger partial charge in [0, 0.05) is 17.3 Å². The van der Waals surface area contributed by atoms with Crippen LogP contribution in [0, 0.1) is 12.7 Å². The van der Waals surface area contributed by atoms with Crippen LogP contribution < -0.4 is 5.32 Å². The molecule has 0 radical (unpaired) electrons. The van der Waals surface area contributed by atoms with Crippen molar-refractivity contribution in [1.82, 2.24) is 10.3 Å². The Balaban J connectivity index is 2.17. The summed E-state index contributed by atoms with van der Waals surface area (Å²) in [4.78, 5) is 4.36. The van der Waals surface area contributed by atoms with Crippen LogP contribution in [0.2, 0.25) is 0 Å². The summed E-state index contributed by atoms with van der Waals surface area (Å²) in [5, 5.41) is 4.88. The van der Waals surface area contributed by atoms with Crippen LogP contribution >= 0.6 is 0 Å². The molecule has 21 heavy (non-hydrogen) atoms. The van der Waals surface area contributed by atoms with Crippen molar-refractivity contribution in [2.45, 2.75) is 13.0 Å². The third kappa shape index (κ3) is 2.52. The van der Waals surface area contributed by atoms with E-state index < -0.39 is 0 Å². The van der Waals surface area contributed by atoms with Gasteiger partial charge in [0.05, 0.1) is 6.04 Å². The summed E-state index contributed by atoms with van der Waals surface area (Å²) in [6.07, 6.45) is 1.87. The molecule has 3 heteroatoms. The molecule has 2 nitrogen and oxygen atoms in total. The van der Waals surface area contributed by atoms with Crippen molar-refractivity contribution in [1.29, 1.82) is 0 Å². The smallest absolute Gasteiger partial charge is 0.131 e. The number of nitrogens with one attached hydrogen (secondary N) is 1. The number of nitrogens with zero attached hydrogens (tertiary/aromatic N) is 1. The van der Waals surface area contributed by atoms with Gasteiger partial charge in [-0.2, -0.15) is 0 Å². The molecule has 0 fully saturated rings. The molecule has 0 saturated carbocycles. The largest absolute Gasteiger partial charge is 0.309 e. The molecule has 1 unspecified atom stereocenters. The van der Waals surface area contributed by atoms with E-state index in [9.17, 15) is 4.39 Å². The van der Waals surface area contributed by atoms with Gasteiger partial charge in [0.2, 0.25) is 0 Å². The van der Waals surface area contributed by atoms with E-state index in [1.165, 1.54) is 6.07 Å². The second-order valence-electron chi connectivity index (χ2n) is 5.14. The number of aromatic nitrogens is 1. The molecular weight excluding hydrogens is 263 g/mol. The molecule has 0 bridgehead atoms. The van der Waals surface area contributed by atoms with Gasteiger partial charge in [-0.25, -0.2) is 4.39 Å². The fraction of sp³-hybridized carbons (Fsp3) is 0.167. The third-order valence-corrected chi connectivity index (χ3v) is 3.77. The minimum atomic E-state index is -0.189. The molecule has 1 aromatic heterocycles. The van der Waals surface area contributed by atoms with Gasteiger partial charge in [-0.05, 0) is 42.6 Å². The van der Waals surface area contributed by atoms with Gasteiger partial charge < -0.3 is 5.32 Å². The normalized spacial score (nSPS) is 12.5. The highest BCUT2D eigenvalue weighted by Gasteiger charge is 2.16. The number of hydrogen-bond acceptors (Lipinski definition) is 2.